The third-order valence-corrected chi connectivity index (χ3v) is 4.09. The van der Waals surface area contributed by atoms with E-state index in [2.05, 4.69) is 5.32 Å². The van der Waals surface area contributed by atoms with Gasteiger partial charge in [-0.05, 0) is 41.0 Å². The van der Waals surface area contributed by atoms with E-state index >= 15 is 0 Å². The summed E-state index contributed by atoms with van der Waals surface area (Å²) in [5, 5.41) is 25.0. The second-order valence-electron chi connectivity index (χ2n) is 5.97. The van der Waals surface area contributed by atoms with Crippen LogP contribution < -0.4 is 5.32 Å². The second kappa shape index (κ2) is 7.50. The monoisotopic (exact) mass is 357 g/mol. The van der Waals surface area contributed by atoms with Crippen molar-refractivity contribution >= 4 is 34.1 Å². The maximum atomic E-state index is 12.5. The van der Waals surface area contributed by atoms with Crippen LogP contribution >= 0.6 is 0 Å². The Balaban J connectivity index is 1.97. The molecule has 0 aliphatic heterocycles. The van der Waals surface area contributed by atoms with Gasteiger partial charge in [0.25, 0.3) is 11.6 Å². The van der Waals surface area contributed by atoms with E-state index in [0.717, 1.165) is 16.3 Å². The lowest BCUT2D eigenvalue weighted by Crippen LogP contribution is -2.14. The molecule has 6 nitrogen and oxygen atoms in total. The highest BCUT2D eigenvalue weighted by atomic mass is 16.6. The first kappa shape index (κ1) is 17.8. The minimum atomic E-state index is -0.697. The summed E-state index contributed by atoms with van der Waals surface area (Å²) >= 11 is 0. The fourth-order valence-electron chi connectivity index (χ4n) is 2.77. The van der Waals surface area contributed by atoms with Crippen LogP contribution in [-0.4, -0.2) is 10.8 Å². The number of rotatable bonds is 4. The molecule has 0 atom stereocenters. The summed E-state index contributed by atoms with van der Waals surface area (Å²) in [7, 11) is 0. The lowest BCUT2D eigenvalue weighted by atomic mass is 10.0. The quantitative estimate of drug-likeness (QED) is 0.319. The van der Waals surface area contributed by atoms with Gasteiger partial charge in [-0.3, -0.25) is 14.9 Å². The Hall–Kier alpha value is -3.98. The van der Waals surface area contributed by atoms with Crippen molar-refractivity contribution in [2.24, 2.45) is 0 Å². The Morgan fingerprint density at radius 3 is 2.63 bits per heavy atom. The molecule has 0 bridgehead atoms. The number of amides is 1. The number of carbonyl (C=O) groups is 1. The Kier molecular flexibility index (Phi) is 4.95. The maximum Gasteiger partial charge on any atom is 0.293 e. The molecule has 0 radical (unpaired) electrons. The molecular formula is C21H15N3O3. The molecule has 0 aliphatic carbocycles. The molecule has 0 aliphatic rings. The van der Waals surface area contributed by atoms with Crippen molar-refractivity contribution < 1.29 is 9.72 Å². The predicted octanol–water partition coefficient (Wildman–Crippen LogP) is 4.60. The normalized spacial score (nSPS) is 11.0. The molecule has 0 aromatic heterocycles. The van der Waals surface area contributed by atoms with Gasteiger partial charge >= 0.3 is 0 Å². The van der Waals surface area contributed by atoms with Gasteiger partial charge in [-0.2, -0.15) is 5.26 Å². The Bertz CT molecular complexity index is 1120. The summed E-state index contributed by atoms with van der Waals surface area (Å²) in [6.45, 7) is 1.72. The summed E-state index contributed by atoms with van der Waals surface area (Å²) in [6, 6.07) is 19.6. The highest BCUT2D eigenvalue weighted by molar-refractivity contribution is 6.11. The molecule has 1 N–H and O–H groups in total. The molecular weight excluding hydrogens is 342 g/mol. The third-order valence-electron chi connectivity index (χ3n) is 4.09. The number of anilines is 1. The van der Waals surface area contributed by atoms with Crippen LogP contribution in [-0.2, 0) is 4.79 Å². The number of nitro benzene ring substituents is 1. The zero-order chi connectivity index (χ0) is 19.4. The highest BCUT2D eigenvalue weighted by Crippen LogP contribution is 2.26. The van der Waals surface area contributed by atoms with Crippen LogP contribution in [0.1, 0.15) is 11.1 Å². The number of carbonyl (C=O) groups excluding carboxylic acids is 1. The smallest absolute Gasteiger partial charge is 0.293 e. The van der Waals surface area contributed by atoms with Crippen molar-refractivity contribution in [3.63, 3.8) is 0 Å². The molecule has 0 spiro atoms. The molecule has 3 aromatic carbocycles. The summed E-state index contributed by atoms with van der Waals surface area (Å²) < 4.78 is 0. The molecule has 6 heteroatoms. The van der Waals surface area contributed by atoms with E-state index in [1.807, 2.05) is 42.5 Å². The summed E-state index contributed by atoms with van der Waals surface area (Å²) in [6.07, 6.45) is 1.48. The average Bonchev–Trinajstić information content (AvgIpc) is 2.67. The van der Waals surface area contributed by atoms with Crippen LogP contribution in [0, 0.1) is 28.4 Å². The van der Waals surface area contributed by atoms with Gasteiger partial charge in [-0.15, -0.1) is 0 Å². The zero-order valence-corrected chi connectivity index (χ0v) is 14.5. The molecule has 1 amide bonds. The van der Waals surface area contributed by atoms with E-state index in [4.69, 9.17) is 0 Å². The molecule has 3 rings (SSSR count). The van der Waals surface area contributed by atoms with Crippen LogP contribution in [0.15, 0.2) is 66.2 Å². The third kappa shape index (κ3) is 3.83. The molecule has 0 heterocycles. The Morgan fingerprint density at radius 2 is 1.89 bits per heavy atom. The average molecular weight is 357 g/mol. The van der Waals surface area contributed by atoms with Gasteiger partial charge in [-0.25, -0.2) is 0 Å². The van der Waals surface area contributed by atoms with Crippen molar-refractivity contribution in [1.29, 1.82) is 5.26 Å². The minimum Gasteiger partial charge on any atom is -0.316 e. The van der Waals surface area contributed by atoms with Gasteiger partial charge < -0.3 is 5.32 Å². The topological polar surface area (TPSA) is 96.0 Å². The number of nitriles is 1. The molecule has 3 aromatic rings. The van der Waals surface area contributed by atoms with Crippen molar-refractivity contribution in [3.05, 3.63) is 87.5 Å². The van der Waals surface area contributed by atoms with Crippen molar-refractivity contribution in [1.82, 2.24) is 0 Å². The number of nitrogens with one attached hydrogen (secondary N) is 1. The van der Waals surface area contributed by atoms with Crippen molar-refractivity contribution in [2.75, 3.05) is 5.32 Å². The lowest BCUT2D eigenvalue weighted by molar-refractivity contribution is -0.384. The molecule has 132 valence electrons. The van der Waals surface area contributed by atoms with Crippen molar-refractivity contribution in [3.8, 4) is 6.07 Å². The maximum absolute atomic E-state index is 12.5. The van der Waals surface area contributed by atoms with E-state index in [0.29, 0.717) is 5.56 Å². The van der Waals surface area contributed by atoms with Gasteiger partial charge in [0.05, 0.1) is 4.92 Å². The van der Waals surface area contributed by atoms with E-state index in [9.17, 15) is 20.2 Å². The SMILES string of the molecule is Cc1ccc(NC(=O)C(C#N)=Cc2cccc3ccccc23)c([N+](=O)[O-])c1. The van der Waals surface area contributed by atoms with Gasteiger partial charge in [0.1, 0.15) is 17.3 Å². The summed E-state index contributed by atoms with van der Waals surface area (Å²) in [5.41, 5.74) is 1.12. The lowest BCUT2D eigenvalue weighted by Gasteiger charge is -2.07. The second-order valence-corrected chi connectivity index (χ2v) is 5.97. The molecule has 27 heavy (non-hydrogen) atoms. The minimum absolute atomic E-state index is 0.0506. The largest absolute Gasteiger partial charge is 0.316 e. The van der Waals surface area contributed by atoms with Gasteiger partial charge in [-0.1, -0.05) is 48.5 Å². The van der Waals surface area contributed by atoms with Crippen LogP contribution in [0.25, 0.3) is 16.8 Å². The molecule has 0 saturated carbocycles. The molecule has 0 fully saturated rings. The summed E-state index contributed by atoms with van der Waals surface area (Å²) in [5.74, 6) is -0.697. The molecule has 0 saturated heterocycles. The van der Waals surface area contributed by atoms with Crippen LogP contribution in [0.3, 0.4) is 0 Å². The number of nitrogens with zero attached hydrogens (tertiary/aromatic N) is 2. The van der Waals surface area contributed by atoms with Crippen molar-refractivity contribution in [2.45, 2.75) is 6.92 Å². The number of hydrogen-bond acceptors (Lipinski definition) is 4. The number of benzene rings is 3. The number of nitro groups is 1. The van der Waals surface area contributed by atoms with Gasteiger partial charge in [0, 0.05) is 6.07 Å². The number of hydrogen-bond donors (Lipinski definition) is 1. The highest BCUT2D eigenvalue weighted by Gasteiger charge is 2.18. The predicted molar refractivity (Wildman–Crippen MR) is 104 cm³/mol. The van der Waals surface area contributed by atoms with E-state index in [1.165, 1.54) is 18.2 Å². The number of fused-ring (bicyclic) bond motifs is 1. The first-order chi connectivity index (χ1) is 13.0. The van der Waals surface area contributed by atoms with E-state index in [1.54, 1.807) is 19.1 Å². The molecule has 0 unspecified atom stereocenters. The van der Waals surface area contributed by atoms with E-state index < -0.39 is 10.8 Å². The fourth-order valence-corrected chi connectivity index (χ4v) is 2.77. The summed E-state index contributed by atoms with van der Waals surface area (Å²) in [4.78, 5) is 23.2. The van der Waals surface area contributed by atoms with Crippen LogP contribution in [0.5, 0.6) is 0 Å². The standard InChI is InChI=1S/C21H15N3O3/c1-14-9-10-19(20(11-14)24(26)27)23-21(25)17(13-22)12-16-7-4-6-15-5-2-3-8-18(15)16/h2-12H,1H3,(H,23,25). The van der Waals surface area contributed by atoms with Gasteiger partial charge in [0.15, 0.2) is 0 Å². The fraction of sp³-hybridized carbons (Fsp3) is 0.0476. The van der Waals surface area contributed by atoms with E-state index in [-0.39, 0.29) is 16.9 Å². The number of aryl methyl sites for hydroxylation is 1. The Morgan fingerprint density at radius 1 is 1.15 bits per heavy atom. The first-order valence-electron chi connectivity index (χ1n) is 8.15. The Labute approximate surface area is 155 Å². The zero-order valence-electron chi connectivity index (χ0n) is 14.5. The van der Waals surface area contributed by atoms with Gasteiger partial charge in [0.2, 0.25) is 0 Å². The van der Waals surface area contributed by atoms with Crippen LogP contribution in [0.4, 0.5) is 11.4 Å². The van der Waals surface area contributed by atoms with Crippen LogP contribution in [0.2, 0.25) is 0 Å². The first-order valence-corrected chi connectivity index (χ1v) is 8.15.